The van der Waals surface area contributed by atoms with E-state index in [0.29, 0.717) is 18.9 Å². The summed E-state index contributed by atoms with van der Waals surface area (Å²) >= 11 is 0. The van der Waals surface area contributed by atoms with Crippen LogP contribution in [0.1, 0.15) is 27.2 Å². The number of fused-ring (bicyclic) bond motifs is 1. The predicted octanol–water partition coefficient (Wildman–Crippen LogP) is 0.500. The van der Waals surface area contributed by atoms with Crippen molar-refractivity contribution in [3.63, 3.8) is 0 Å². The van der Waals surface area contributed by atoms with Gasteiger partial charge in [-0.3, -0.25) is 9.69 Å². The Hall–Kier alpha value is -2.88. The molecule has 2 amide bonds. The normalized spacial score (nSPS) is 19.8. The Morgan fingerprint density at radius 3 is 2.86 bits per heavy atom. The first-order valence-corrected chi connectivity index (χ1v) is 9.16. The number of hydrogen-bond donors (Lipinski definition) is 3. The summed E-state index contributed by atoms with van der Waals surface area (Å²) in [7, 11) is 0. The zero-order valence-corrected chi connectivity index (χ0v) is 16.3. The lowest BCUT2D eigenvalue weighted by atomic mass is 10.2. The molecule has 0 spiro atoms. The number of aliphatic hydroxyl groups is 1. The molecule has 0 radical (unpaired) electrons. The first-order valence-electron chi connectivity index (χ1n) is 9.16. The molecule has 10 heteroatoms. The highest BCUT2D eigenvalue weighted by molar-refractivity contribution is 5.86. The third kappa shape index (κ3) is 4.50. The molecule has 1 aliphatic heterocycles. The minimum Gasteiger partial charge on any atom is -0.444 e. The predicted molar refractivity (Wildman–Crippen MR) is 102 cm³/mol. The molecule has 0 saturated carbocycles. The van der Waals surface area contributed by atoms with E-state index in [-0.39, 0.29) is 18.9 Å². The number of likely N-dealkylation sites (tertiary alicyclic amines) is 1. The van der Waals surface area contributed by atoms with Crippen LogP contribution < -0.4 is 11.1 Å². The van der Waals surface area contributed by atoms with Gasteiger partial charge in [-0.2, -0.15) is 0 Å². The van der Waals surface area contributed by atoms with Gasteiger partial charge < -0.3 is 25.5 Å². The SMILES string of the molecule is CC(C)(C)OC(=O)N1C[C@H](O)C[C@H]1C(=O)NCCn1cnc2cnc(N)cc21. The quantitative estimate of drug-likeness (QED) is 0.691. The van der Waals surface area contributed by atoms with E-state index < -0.39 is 23.8 Å². The second kappa shape index (κ2) is 7.63. The number of β-amino-alcohol motifs (C(OH)–C–C–N with tert-alkyl or cyclic N) is 1. The summed E-state index contributed by atoms with van der Waals surface area (Å²) in [4.78, 5) is 34.5. The van der Waals surface area contributed by atoms with Crippen LogP contribution in [0.5, 0.6) is 0 Å². The number of nitrogens with two attached hydrogens (primary N) is 1. The van der Waals surface area contributed by atoms with Gasteiger partial charge in [0.05, 0.1) is 30.7 Å². The molecule has 0 aromatic carbocycles. The van der Waals surface area contributed by atoms with Crippen molar-refractivity contribution in [2.75, 3.05) is 18.8 Å². The smallest absolute Gasteiger partial charge is 0.411 e. The van der Waals surface area contributed by atoms with E-state index in [4.69, 9.17) is 10.5 Å². The van der Waals surface area contributed by atoms with E-state index in [1.807, 2.05) is 4.57 Å². The Kier molecular flexibility index (Phi) is 5.41. The Morgan fingerprint density at radius 2 is 2.14 bits per heavy atom. The topological polar surface area (TPSA) is 136 Å². The standard InChI is InChI=1S/C18H26N6O4/c1-18(2,3)28-17(27)24-9-11(25)6-14(24)16(26)20-4-5-23-10-22-12-8-21-15(19)7-13(12)23/h7-8,10-11,14,25H,4-6,9H2,1-3H3,(H2,19,21)(H,20,26)/t11-,14+/m1/s1. The lowest BCUT2D eigenvalue weighted by molar-refractivity contribution is -0.125. The Morgan fingerprint density at radius 1 is 1.39 bits per heavy atom. The van der Waals surface area contributed by atoms with E-state index >= 15 is 0 Å². The van der Waals surface area contributed by atoms with Crippen molar-refractivity contribution in [2.45, 2.75) is 51.5 Å². The van der Waals surface area contributed by atoms with Gasteiger partial charge >= 0.3 is 6.09 Å². The summed E-state index contributed by atoms with van der Waals surface area (Å²) in [5.41, 5.74) is 6.59. The lowest BCUT2D eigenvalue weighted by Crippen LogP contribution is -2.48. The monoisotopic (exact) mass is 390 g/mol. The molecule has 2 aromatic rings. The third-order valence-corrected chi connectivity index (χ3v) is 4.39. The van der Waals surface area contributed by atoms with Gasteiger partial charge in [-0.1, -0.05) is 0 Å². The van der Waals surface area contributed by atoms with Crippen LogP contribution in [0, 0.1) is 0 Å². The maximum Gasteiger partial charge on any atom is 0.411 e. The van der Waals surface area contributed by atoms with E-state index in [1.165, 1.54) is 4.90 Å². The van der Waals surface area contributed by atoms with Crippen LogP contribution in [-0.4, -0.2) is 67.4 Å². The first kappa shape index (κ1) is 19.9. The van der Waals surface area contributed by atoms with E-state index in [9.17, 15) is 14.7 Å². The summed E-state index contributed by atoms with van der Waals surface area (Å²) in [5, 5.41) is 12.7. The molecule has 2 aromatic heterocycles. The zero-order valence-electron chi connectivity index (χ0n) is 16.3. The Balaban J connectivity index is 1.60. The summed E-state index contributed by atoms with van der Waals surface area (Å²) in [6.45, 7) is 6.15. The molecular formula is C18H26N6O4. The number of carbonyl (C=O) groups excluding carboxylic acids is 2. The van der Waals surface area contributed by atoms with Crippen molar-refractivity contribution in [2.24, 2.45) is 0 Å². The fourth-order valence-electron chi connectivity index (χ4n) is 3.16. The fraction of sp³-hybridized carbons (Fsp3) is 0.556. The minimum atomic E-state index is -0.760. The highest BCUT2D eigenvalue weighted by atomic mass is 16.6. The van der Waals surface area contributed by atoms with Crippen LogP contribution in [0.4, 0.5) is 10.6 Å². The van der Waals surface area contributed by atoms with Gasteiger partial charge in [0.2, 0.25) is 5.91 Å². The molecule has 0 aliphatic carbocycles. The number of hydrogen-bond acceptors (Lipinski definition) is 7. The first-order chi connectivity index (χ1) is 13.1. The number of nitrogens with zero attached hydrogens (tertiary/aromatic N) is 4. The largest absolute Gasteiger partial charge is 0.444 e. The molecule has 0 unspecified atom stereocenters. The molecule has 2 atom stereocenters. The number of pyridine rings is 1. The summed E-state index contributed by atoms with van der Waals surface area (Å²) in [6.07, 6.45) is 2.08. The molecule has 10 nitrogen and oxygen atoms in total. The van der Waals surface area contributed by atoms with Crippen LogP contribution in [0.25, 0.3) is 11.0 Å². The second-order valence-electron chi connectivity index (χ2n) is 7.86. The summed E-state index contributed by atoms with van der Waals surface area (Å²) in [6, 6.07) is 0.964. The molecule has 1 fully saturated rings. The molecule has 1 aliphatic rings. The third-order valence-electron chi connectivity index (χ3n) is 4.39. The number of nitrogen functional groups attached to an aromatic ring is 1. The average Bonchev–Trinajstić information content (AvgIpc) is 3.17. The van der Waals surface area contributed by atoms with Crippen LogP contribution >= 0.6 is 0 Å². The van der Waals surface area contributed by atoms with Crippen LogP contribution in [-0.2, 0) is 16.1 Å². The Labute approximate surface area is 162 Å². The van der Waals surface area contributed by atoms with Crippen LogP contribution in [0.2, 0.25) is 0 Å². The Bertz CT molecular complexity index is 875. The maximum atomic E-state index is 12.6. The molecule has 28 heavy (non-hydrogen) atoms. The number of anilines is 1. The van der Waals surface area contributed by atoms with E-state index in [1.54, 1.807) is 39.4 Å². The average molecular weight is 390 g/mol. The molecular weight excluding hydrogens is 364 g/mol. The van der Waals surface area contributed by atoms with Crippen molar-refractivity contribution in [1.29, 1.82) is 0 Å². The zero-order chi connectivity index (χ0) is 20.5. The van der Waals surface area contributed by atoms with Crippen molar-refractivity contribution in [3.8, 4) is 0 Å². The van der Waals surface area contributed by atoms with Gasteiger partial charge in [0.1, 0.15) is 23.0 Å². The number of imidazole rings is 1. The van der Waals surface area contributed by atoms with Gasteiger partial charge in [-0.25, -0.2) is 14.8 Å². The molecule has 1 saturated heterocycles. The molecule has 3 heterocycles. The molecule has 0 bridgehead atoms. The summed E-state index contributed by atoms with van der Waals surface area (Å²) in [5.74, 6) is 0.0687. The lowest BCUT2D eigenvalue weighted by Gasteiger charge is -2.27. The van der Waals surface area contributed by atoms with E-state index in [2.05, 4.69) is 15.3 Å². The maximum absolute atomic E-state index is 12.6. The van der Waals surface area contributed by atoms with Gasteiger partial charge in [-0.05, 0) is 20.8 Å². The number of rotatable bonds is 4. The molecule has 3 rings (SSSR count). The van der Waals surface area contributed by atoms with Gasteiger partial charge in [0, 0.05) is 25.6 Å². The number of amides is 2. The number of aliphatic hydroxyl groups excluding tert-OH is 1. The van der Waals surface area contributed by atoms with Crippen LogP contribution in [0.15, 0.2) is 18.6 Å². The number of carbonyl (C=O) groups is 2. The van der Waals surface area contributed by atoms with Crippen LogP contribution in [0.3, 0.4) is 0 Å². The molecule has 4 N–H and O–H groups in total. The molecule has 152 valence electrons. The summed E-state index contributed by atoms with van der Waals surface area (Å²) < 4.78 is 7.20. The van der Waals surface area contributed by atoms with Gasteiger partial charge in [-0.15, -0.1) is 0 Å². The van der Waals surface area contributed by atoms with E-state index in [0.717, 1.165) is 11.0 Å². The second-order valence-corrected chi connectivity index (χ2v) is 7.86. The highest BCUT2D eigenvalue weighted by Crippen LogP contribution is 2.21. The minimum absolute atomic E-state index is 0.0748. The van der Waals surface area contributed by atoms with Crippen molar-refractivity contribution in [3.05, 3.63) is 18.6 Å². The van der Waals surface area contributed by atoms with Gasteiger partial charge in [0.25, 0.3) is 0 Å². The fourth-order valence-corrected chi connectivity index (χ4v) is 3.16. The van der Waals surface area contributed by atoms with Gasteiger partial charge in [0.15, 0.2) is 0 Å². The highest BCUT2D eigenvalue weighted by Gasteiger charge is 2.40. The number of aromatic nitrogens is 3. The van der Waals surface area contributed by atoms with Crippen molar-refractivity contribution in [1.82, 2.24) is 24.8 Å². The number of ether oxygens (including phenoxy) is 1. The van der Waals surface area contributed by atoms with Crippen molar-refractivity contribution >= 4 is 28.9 Å². The van der Waals surface area contributed by atoms with Crippen molar-refractivity contribution < 1.29 is 19.4 Å². The number of nitrogens with one attached hydrogen (secondary N) is 1.